The van der Waals surface area contributed by atoms with Gasteiger partial charge in [0, 0.05) is 60.7 Å². The summed E-state index contributed by atoms with van der Waals surface area (Å²) < 4.78 is 66.5. The number of aryl methyl sites for hydroxylation is 2. The molecular formula is C50H53F2N9O6S. The second-order valence-electron chi connectivity index (χ2n) is 19.8. The summed E-state index contributed by atoms with van der Waals surface area (Å²) in [6.07, 6.45) is 7.12. The number of benzene rings is 3. The van der Waals surface area contributed by atoms with Crippen LogP contribution in [0.2, 0.25) is 0 Å². The summed E-state index contributed by atoms with van der Waals surface area (Å²) in [4.78, 5) is 47.6. The van der Waals surface area contributed by atoms with Crippen LogP contribution in [0.3, 0.4) is 0 Å². The molecule has 6 heterocycles. The molecule has 4 aromatic heterocycles. The van der Waals surface area contributed by atoms with Gasteiger partial charge in [0.25, 0.3) is 5.91 Å². The Bertz CT molecular complexity index is 3470. The molecule has 2 aliphatic carbocycles. The lowest BCUT2D eigenvalue weighted by atomic mass is 9.83. The van der Waals surface area contributed by atoms with Crippen molar-refractivity contribution in [2.75, 3.05) is 20.2 Å². The number of nitrogens with one attached hydrogen (secondary N) is 1. The number of H-pyrrole nitrogens is 1. The fourth-order valence-electron chi connectivity index (χ4n) is 11.1. The highest BCUT2D eigenvalue weighted by molar-refractivity contribution is 7.94. The number of halogens is 2. The standard InChI is InChI=1S/C50H53F2N9O6S/c1-27-20-34(21-28(2)43(27)52)61-44(59-18-17-58(48(59)64)40-13-11-36(24-37(40)51)68(65,53-7)35-9-10-35)42-30(4)57(16-14-38(42)55-61)45(62)41-23-33-22-31(32-15-19-66-49(5,6)26-32)8-12-39(33)60(41)50(25-29(50)3)46-54-47(63)67-56-46/h8,11-13,17-18,20-24,29-30,32,35H,9-10,14-16,19,25-26H2,1-7H3,(H,54,56,63)/t29-,30-,32-,50-,68+/m0/s1. The molecule has 11 rings (SSSR count). The molecule has 0 unspecified atom stereocenters. The van der Waals surface area contributed by atoms with Crippen molar-refractivity contribution in [2.45, 2.75) is 113 Å². The van der Waals surface area contributed by atoms with Crippen LogP contribution in [0.25, 0.3) is 28.1 Å². The molecule has 2 aliphatic heterocycles. The normalized spacial score (nSPS) is 23.1. The van der Waals surface area contributed by atoms with Gasteiger partial charge >= 0.3 is 11.4 Å². The monoisotopic (exact) mass is 945 g/mol. The van der Waals surface area contributed by atoms with E-state index in [-0.39, 0.29) is 51.5 Å². The first-order chi connectivity index (χ1) is 32.4. The molecule has 3 aromatic carbocycles. The number of hydrogen-bond donors (Lipinski definition) is 1. The first-order valence-electron chi connectivity index (χ1n) is 23.2. The van der Waals surface area contributed by atoms with Gasteiger partial charge in [0.1, 0.15) is 28.7 Å². The van der Waals surface area contributed by atoms with Gasteiger partial charge in [0.2, 0.25) is 0 Å². The Balaban J connectivity index is 1.04. The third-order valence-electron chi connectivity index (χ3n) is 14.9. The van der Waals surface area contributed by atoms with E-state index in [1.807, 2.05) is 17.6 Å². The average Bonchev–Trinajstić information content (AvgIpc) is 4.04. The van der Waals surface area contributed by atoms with E-state index in [2.05, 4.69) is 53.5 Å². The molecule has 5 atom stereocenters. The van der Waals surface area contributed by atoms with Crippen molar-refractivity contribution in [2.24, 2.45) is 10.3 Å². The zero-order valence-corrected chi connectivity index (χ0v) is 39.8. The SMILES string of the molecule is CN=[S@](=O)(c1ccc(-n2ccn(-c3c4c(nn3-c3cc(C)c(F)c(C)c3)CCN(C(=O)c3cc5cc([C@H]6CCOC(C)(C)C6)ccc5n3[C@@]3(c5noc(=O)[nH]5)C[C@@H]3C)[C@H]4C)c2=O)c(F)c1)C1CC1. The number of carbonyl (C=O) groups is 1. The fourth-order valence-corrected chi connectivity index (χ4v) is 13.3. The van der Waals surface area contributed by atoms with Crippen LogP contribution in [0.5, 0.6) is 0 Å². The summed E-state index contributed by atoms with van der Waals surface area (Å²) in [5.41, 5.74) is 3.05. The summed E-state index contributed by atoms with van der Waals surface area (Å²) >= 11 is 0. The molecule has 3 fully saturated rings. The summed E-state index contributed by atoms with van der Waals surface area (Å²) in [7, 11) is -1.33. The Kier molecular flexibility index (Phi) is 10.1. The maximum absolute atomic E-state index is 16.1. The summed E-state index contributed by atoms with van der Waals surface area (Å²) in [6, 6.07) is 15.1. The highest BCUT2D eigenvalue weighted by Gasteiger charge is 2.59. The third-order valence-corrected chi connectivity index (χ3v) is 17.7. The first-order valence-corrected chi connectivity index (χ1v) is 24.8. The molecule has 4 aliphatic rings. The van der Waals surface area contributed by atoms with E-state index in [4.69, 9.17) is 14.4 Å². The number of carbonyl (C=O) groups excluding carboxylic acids is 1. The Morgan fingerprint density at radius 1 is 0.956 bits per heavy atom. The second-order valence-corrected chi connectivity index (χ2v) is 22.4. The third kappa shape index (κ3) is 6.79. The Labute approximate surface area is 390 Å². The van der Waals surface area contributed by atoms with Crippen molar-refractivity contribution in [3.05, 3.63) is 139 Å². The predicted molar refractivity (Wildman–Crippen MR) is 251 cm³/mol. The van der Waals surface area contributed by atoms with Gasteiger partial charge in [-0.25, -0.2) is 31.6 Å². The zero-order chi connectivity index (χ0) is 47.8. The number of ether oxygens (including phenoxy) is 1. The number of amides is 1. The number of rotatable bonds is 9. The van der Waals surface area contributed by atoms with Gasteiger partial charge < -0.3 is 14.2 Å². The van der Waals surface area contributed by atoms with E-state index in [0.29, 0.717) is 64.9 Å². The number of hydrogen-bond acceptors (Lipinski definition) is 9. The van der Waals surface area contributed by atoms with Crippen LogP contribution in [0, 0.1) is 31.4 Å². The van der Waals surface area contributed by atoms with Gasteiger partial charge in [-0.3, -0.25) is 23.4 Å². The summed E-state index contributed by atoms with van der Waals surface area (Å²) in [5, 5.41) is 9.97. The van der Waals surface area contributed by atoms with Crippen molar-refractivity contribution in [3.63, 3.8) is 0 Å². The number of aromatic nitrogens is 7. The van der Waals surface area contributed by atoms with Crippen molar-refractivity contribution in [1.29, 1.82) is 0 Å². The lowest BCUT2D eigenvalue weighted by Gasteiger charge is -2.35. The van der Waals surface area contributed by atoms with Crippen LogP contribution < -0.4 is 11.4 Å². The van der Waals surface area contributed by atoms with Crippen LogP contribution in [-0.2, 0) is 26.4 Å². The first kappa shape index (κ1) is 44.1. The predicted octanol–water partition coefficient (Wildman–Crippen LogP) is 8.17. The van der Waals surface area contributed by atoms with Gasteiger partial charge in [-0.2, -0.15) is 5.10 Å². The highest BCUT2D eigenvalue weighted by atomic mass is 32.2. The van der Waals surface area contributed by atoms with Gasteiger partial charge in [-0.05, 0) is 144 Å². The molecular weight excluding hydrogens is 893 g/mol. The molecule has 68 heavy (non-hydrogen) atoms. The van der Waals surface area contributed by atoms with Crippen LogP contribution in [-0.4, -0.2) is 79.7 Å². The minimum atomic E-state index is -2.82. The smallest absolute Gasteiger partial charge is 0.376 e. The van der Waals surface area contributed by atoms with E-state index in [1.54, 1.807) is 41.6 Å². The van der Waals surface area contributed by atoms with E-state index in [0.717, 1.165) is 42.1 Å². The maximum Gasteiger partial charge on any atom is 0.438 e. The quantitative estimate of drug-likeness (QED) is 0.151. The topological polar surface area (TPSA) is 168 Å². The summed E-state index contributed by atoms with van der Waals surface area (Å²) in [5.74, 6) is -1.17. The highest BCUT2D eigenvalue weighted by Crippen LogP contribution is 2.56. The van der Waals surface area contributed by atoms with Gasteiger partial charge in [0.15, 0.2) is 5.82 Å². The lowest BCUT2D eigenvalue weighted by Crippen LogP contribution is -2.41. The van der Waals surface area contributed by atoms with Crippen molar-refractivity contribution in [1.82, 2.24) is 38.5 Å². The molecule has 354 valence electrons. The van der Waals surface area contributed by atoms with Crippen molar-refractivity contribution < 1.29 is 27.0 Å². The van der Waals surface area contributed by atoms with E-state index in [9.17, 15) is 13.8 Å². The van der Waals surface area contributed by atoms with Crippen molar-refractivity contribution >= 4 is 26.5 Å². The Hall–Kier alpha value is -6.40. The average molecular weight is 946 g/mol. The van der Waals surface area contributed by atoms with Crippen LogP contribution in [0.15, 0.2) is 90.4 Å². The van der Waals surface area contributed by atoms with Crippen LogP contribution in [0.1, 0.15) is 116 Å². The van der Waals surface area contributed by atoms with Gasteiger partial charge in [-0.1, -0.05) is 18.1 Å². The van der Waals surface area contributed by atoms with Crippen LogP contribution in [0.4, 0.5) is 8.78 Å². The molecule has 1 N–H and O–H groups in total. The number of imidazole rings is 1. The summed E-state index contributed by atoms with van der Waals surface area (Å²) in [6.45, 7) is 12.4. The van der Waals surface area contributed by atoms with Gasteiger partial charge in [0.05, 0.1) is 43.3 Å². The minimum Gasteiger partial charge on any atom is -0.376 e. The molecule has 2 saturated carbocycles. The molecule has 0 radical (unpaired) electrons. The molecule has 15 nitrogen and oxygen atoms in total. The zero-order valence-electron chi connectivity index (χ0n) is 39.0. The Morgan fingerprint density at radius 2 is 1.69 bits per heavy atom. The van der Waals surface area contributed by atoms with E-state index < -0.39 is 38.6 Å². The second kappa shape index (κ2) is 15.6. The minimum absolute atomic E-state index is 0.0138. The number of fused-ring (bicyclic) bond motifs is 2. The fraction of sp³-hybridized carbons (Fsp3) is 0.420. The van der Waals surface area contributed by atoms with E-state index in [1.165, 1.54) is 40.7 Å². The molecule has 1 saturated heterocycles. The number of aromatic amines is 1. The molecule has 0 spiro atoms. The van der Waals surface area contributed by atoms with Crippen LogP contribution >= 0.6 is 0 Å². The van der Waals surface area contributed by atoms with E-state index >= 15 is 13.6 Å². The molecule has 0 bridgehead atoms. The molecule has 1 amide bonds. The molecule has 18 heteroatoms. The van der Waals surface area contributed by atoms with Crippen molar-refractivity contribution in [3.8, 4) is 17.2 Å². The molecule has 7 aromatic rings. The lowest BCUT2D eigenvalue weighted by molar-refractivity contribution is -0.0592. The Morgan fingerprint density at radius 3 is 2.34 bits per heavy atom. The van der Waals surface area contributed by atoms with Gasteiger partial charge in [-0.15, -0.1) is 0 Å². The largest absolute Gasteiger partial charge is 0.438 e. The number of nitrogens with zero attached hydrogens (tertiary/aromatic N) is 8. The maximum atomic E-state index is 16.1.